The van der Waals surface area contributed by atoms with Gasteiger partial charge in [0.05, 0.1) is 19.3 Å². The molecule has 178 valence electrons. The van der Waals surface area contributed by atoms with Crippen LogP contribution in [0.4, 0.5) is 11.5 Å². The van der Waals surface area contributed by atoms with Crippen LogP contribution in [0.25, 0.3) is 10.5 Å². The molecule has 35 heavy (non-hydrogen) atoms. The number of fused-ring (bicyclic) bond motifs is 1. The summed E-state index contributed by atoms with van der Waals surface area (Å²) in [6.45, 7) is 8.21. The number of nitrogens with two attached hydrogens (primary N) is 1. The molecule has 0 radical (unpaired) electrons. The Labute approximate surface area is 203 Å². The minimum Gasteiger partial charge on any atom is -0.497 e. The molecular formula is C26H26N6O3. The van der Waals surface area contributed by atoms with Gasteiger partial charge in [-0.1, -0.05) is 18.7 Å². The van der Waals surface area contributed by atoms with E-state index in [4.69, 9.17) is 17.0 Å². The molecule has 9 nitrogen and oxygen atoms in total. The number of rotatable bonds is 7. The molecule has 2 N–H and O–H groups in total. The van der Waals surface area contributed by atoms with E-state index in [0.717, 1.165) is 24.1 Å². The Balaban J connectivity index is 1.45. The Bertz CT molecular complexity index is 1330. The summed E-state index contributed by atoms with van der Waals surface area (Å²) in [5.41, 5.74) is 8.89. The van der Waals surface area contributed by atoms with Crippen LogP contribution in [0.15, 0.2) is 48.5 Å². The van der Waals surface area contributed by atoms with Crippen molar-refractivity contribution in [2.45, 2.75) is 24.8 Å². The maximum atomic E-state index is 13.7. The number of nitrogens with zero attached hydrogens (tertiary/aromatic N) is 5. The molecule has 0 unspecified atom stereocenters. The van der Waals surface area contributed by atoms with Crippen molar-refractivity contribution in [3.05, 3.63) is 76.8 Å². The third-order valence-electron chi connectivity index (χ3n) is 6.98. The summed E-state index contributed by atoms with van der Waals surface area (Å²) < 4.78 is 6.79. The second kappa shape index (κ2) is 8.56. The number of carbonyl (C=O) groups excluding carboxylic acids is 2. The highest BCUT2D eigenvalue weighted by atomic mass is 16.5. The lowest BCUT2D eigenvalue weighted by atomic mass is 10.0. The third-order valence-corrected chi connectivity index (χ3v) is 6.98. The lowest BCUT2D eigenvalue weighted by Gasteiger charge is -2.30. The van der Waals surface area contributed by atoms with Gasteiger partial charge < -0.3 is 20.2 Å². The van der Waals surface area contributed by atoms with Crippen LogP contribution in [0.2, 0.25) is 0 Å². The van der Waals surface area contributed by atoms with Gasteiger partial charge in [-0.15, -0.1) is 0 Å². The Hall–Kier alpha value is -4.16. The highest BCUT2D eigenvalue weighted by Crippen LogP contribution is 2.50. The molecule has 3 aromatic rings. The van der Waals surface area contributed by atoms with Gasteiger partial charge in [-0.25, -0.2) is 0 Å². The maximum Gasteiger partial charge on any atom is 0.300 e. The summed E-state index contributed by atoms with van der Waals surface area (Å²) in [6, 6.07) is 15.2. The molecule has 0 atom stereocenters. The van der Waals surface area contributed by atoms with Gasteiger partial charge in [0.1, 0.15) is 11.4 Å². The van der Waals surface area contributed by atoms with Crippen LogP contribution in [0.3, 0.4) is 0 Å². The first-order chi connectivity index (χ1) is 16.9. The van der Waals surface area contributed by atoms with Gasteiger partial charge in [-0.2, -0.15) is 4.68 Å². The lowest BCUT2D eigenvalue weighted by molar-refractivity contribution is -0.119. The molecule has 9 heteroatoms. The molecule has 2 aromatic carbocycles. The van der Waals surface area contributed by atoms with Crippen molar-refractivity contribution >= 4 is 23.3 Å². The number of carbonyl (C=O) groups is 2. The zero-order chi connectivity index (χ0) is 24.7. The first-order valence-electron chi connectivity index (χ1n) is 11.4. The molecule has 2 amide bonds. The monoisotopic (exact) mass is 470 g/mol. The number of ether oxygens (including phenoxy) is 1. The second-order valence-electron chi connectivity index (χ2n) is 8.98. The van der Waals surface area contributed by atoms with Gasteiger partial charge in [0.25, 0.3) is 11.7 Å². The predicted molar refractivity (Wildman–Crippen MR) is 131 cm³/mol. The minimum absolute atomic E-state index is 0.176. The quantitative estimate of drug-likeness (QED) is 0.536. The van der Waals surface area contributed by atoms with Gasteiger partial charge in [0.2, 0.25) is 5.91 Å². The molecule has 0 spiro atoms. The van der Waals surface area contributed by atoms with Gasteiger partial charge in [0.15, 0.2) is 0 Å². The van der Waals surface area contributed by atoms with Crippen LogP contribution >= 0.6 is 0 Å². The standard InChI is InChI=1S/C26H26N6O3/c1-28-24-21-12-15-31(25(34)23(21)32(29-24)19-8-10-20(35-3)11-9-19)18-6-4-17(5-7-18)26(13-14-26)30(2)16-22(27)33/h4-11H,12-16H2,2-3H3,(H2,27,33). The SMILES string of the molecule is [C-]#[N+]c1nn(-c2ccc(OC)cc2)c2c1CCN(c1ccc(C3(N(C)CC(N)=O)CC3)cc1)C2=O. The molecule has 1 aliphatic heterocycles. The van der Waals surface area contributed by atoms with Crippen molar-refractivity contribution in [2.75, 3.05) is 32.1 Å². The van der Waals surface area contributed by atoms with E-state index < -0.39 is 0 Å². The van der Waals surface area contributed by atoms with E-state index in [1.54, 1.807) is 28.8 Å². The van der Waals surface area contributed by atoms with Crippen molar-refractivity contribution in [3.63, 3.8) is 0 Å². The molecule has 1 saturated carbocycles. The Morgan fingerprint density at radius 1 is 1.17 bits per heavy atom. The number of likely N-dealkylation sites (N-methyl/N-ethyl adjacent to an activating group) is 1. The Kier molecular flexibility index (Phi) is 5.53. The fourth-order valence-corrected chi connectivity index (χ4v) is 4.93. The molecule has 0 saturated heterocycles. The van der Waals surface area contributed by atoms with Crippen LogP contribution in [0.1, 0.15) is 34.5 Å². The predicted octanol–water partition coefficient (Wildman–Crippen LogP) is 3.04. The first-order valence-corrected chi connectivity index (χ1v) is 11.4. The molecule has 1 aliphatic carbocycles. The number of methoxy groups -OCH3 is 1. The Morgan fingerprint density at radius 3 is 2.40 bits per heavy atom. The van der Waals surface area contributed by atoms with Gasteiger partial charge >= 0.3 is 0 Å². The summed E-state index contributed by atoms with van der Waals surface area (Å²) in [5, 5.41) is 4.44. The van der Waals surface area contributed by atoms with Crippen LogP contribution in [0, 0.1) is 6.57 Å². The summed E-state index contributed by atoms with van der Waals surface area (Å²) in [7, 11) is 3.51. The van der Waals surface area contributed by atoms with Crippen LogP contribution in [-0.4, -0.2) is 53.7 Å². The molecule has 2 aliphatic rings. The fraction of sp³-hybridized carbons (Fsp3) is 0.308. The first kappa shape index (κ1) is 22.6. The van der Waals surface area contributed by atoms with Crippen LogP contribution < -0.4 is 15.4 Å². The third kappa shape index (κ3) is 3.82. The van der Waals surface area contributed by atoms with E-state index in [1.807, 2.05) is 48.3 Å². The Morgan fingerprint density at radius 2 is 1.83 bits per heavy atom. The van der Waals surface area contributed by atoms with Crippen LogP contribution in [-0.2, 0) is 16.8 Å². The number of anilines is 1. The molecule has 1 aromatic heterocycles. The number of amides is 2. The molecule has 5 rings (SSSR count). The van der Waals surface area contributed by atoms with E-state index >= 15 is 0 Å². The zero-order valence-electron chi connectivity index (χ0n) is 19.7. The van der Waals surface area contributed by atoms with Gasteiger partial charge in [-0.05, 0) is 73.4 Å². The summed E-state index contributed by atoms with van der Waals surface area (Å²) >= 11 is 0. The molecule has 1 fully saturated rings. The zero-order valence-corrected chi connectivity index (χ0v) is 19.7. The highest BCUT2D eigenvalue weighted by molar-refractivity contribution is 6.08. The van der Waals surface area contributed by atoms with E-state index in [9.17, 15) is 9.59 Å². The number of hydrogen-bond donors (Lipinski definition) is 1. The van der Waals surface area contributed by atoms with Crippen molar-refractivity contribution in [1.82, 2.24) is 14.7 Å². The van der Waals surface area contributed by atoms with E-state index in [-0.39, 0.29) is 29.7 Å². The minimum atomic E-state index is -0.350. The highest BCUT2D eigenvalue weighted by Gasteiger charge is 2.48. The summed E-state index contributed by atoms with van der Waals surface area (Å²) in [6.07, 6.45) is 2.47. The maximum absolute atomic E-state index is 13.7. The molecule has 2 heterocycles. The average Bonchev–Trinajstić information content (AvgIpc) is 3.59. The van der Waals surface area contributed by atoms with Gasteiger partial charge in [-0.3, -0.25) is 14.5 Å². The van der Waals surface area contributed by atoms with Gasteiger partial charge in [0, 0.05) is 23.3 Å². The number of benzene rings is 2. The molecular weight excluding hydrogens is 444 g/mol. The fourth-order valence-electron chi connectivity index (χ4n) is 4.93. The number of hydrogen-bond acceptors (Lipinski definition) is 5. The lowest BCUT2D eigenvalue weighted by Crippen LogP contribution is -2.39. The summed E-state index contributed by atoms with van der Waals surface area (Å²) in [5.74, 6) is 0.414. The van der Waals surface area contributed by atoms with Crippen molar-refractivity contribution in [3.8, 4) is 11.4 Å². The molecule has 0 bridgehead atoms. The topological polar surface area (TPSA) is 98.0 Å². The largest absolute Gasteiger partial charge is 0.497 e. The summed E-state index contributed by atoms with van der Waals surface area (Å²) in [4.78, 5) is 32.4. The van der Waals surface area contributed by atoms with Crippen molar-refractivity contribution < 1.29 is 14.3 Å². The van der Waals surface area contributed by atoms with Crippen LogP contribution in [0.5, 0.6) is 5.75 Å². The van der Waals surface area contributed by atoms with E-state index in [0.29, 0.717) is 35.7 Å². The van der Waals surface area contributed by atoms with E-state index in [1.165, 1.54) is 0 Å². The smallest absolute Gasteiger partial charge is 0.300 e. The average molecular weight is 471 g/mol. The number of aromatic nitrogens is 2. The van der Waals surface area contributed by atoms with E-state index in [2.05, 4.69) is 9.94 Å². The normalized spacial score (nSPS) is 16.1. The second-order valence-corrected chi connectivity index (χ2v) is 8.98. The van der Waals surface area contributed by atoms with Crippen molar-refractivity contribution in [2.24, 2.45) is 5.73 Å². The number of primary amides is 1. The van der Waals surface area contributed by atoms with Crippen molar-refractivity contribution in [1.29, 1.82) is 0 Å².